The molecule has 5 aliphatic carbocycles. The Morgan fingerprint density at radius 3 is 1.76 bits per heavy atom. The second kappa shape index (κ2) is 6.54. The summed E-state index contributed by atoms with van der Waals surface area (Å²) < 4.78 is 7.06. The lowest BCUT2D eigenvalue weighted by Crippen LogP contribution is -2.60. The van der Waals surface area contributed by atoms with Crippen LogP contribution in [0.5, 0.6) is 0 Å². The van der Waals surface area contributed by atoms with E-state index in [2.05, 4.69) is 41.5 Å². The van der Waals surface area contributed by atoms with Crippen molar-refractivity contribution in [2.24, 2.45) is 50.7 Å². The summed E-state index contributed by atoms with van der Waals surface area (Å²) in [4.78, 5) is 25.9. The van der Waals surface area contributed by atoms with Gasteiger partial charge in [0.1, 0.15) is 11.6 Å². The third-order valence-corrected chi connectivity index (χ3v) is 13.3. The highest BCUT2D eigenvalue weighted by atomic mass is 16.5. The zero-order valence-electron chi connectivity index (χ0n) is 22.0. The molecule has 6 fully saturated rings. The van der Waals surface area contributed by atoms with Crippen LogP contribution >= 0.6 is 0 Å². The smallest absolute Gasteiger partial charge is 0.138 e. The summed E-state index contributed by atoms with van der Waals surface area (Å²) >= 11 is 0. The number of fused-ring (bicyclic) bond motifs is 4. The van der Waals surface area contributed by atoms with Gasteiger partial charge in [0.15, 0.2) is 0 Å². The highest BCUT2D eigenvalue weighted by Gasteiger charge is 2.71. The minimum Gasteiger partial charge on any atom is -0.374 e. The molecular formula is C30H46O3. The van der Waals surface area contributed by atoms with Crippen LogP contribution in [0.1, 0.15) is 112 Å². The second-order valence-corrected chi connectivity index (χ2v) is 15.1. The minimum absolute atomic E-state index is 0.0274. The third kappa shape index (κ3) is 2.62. The van der Waals surface area contributed by atoms with Crippen LogP contribution in [0.3, 0.4) is 0 Å². The second-order valence-electron chi connectivity index (χ2n) is 15.1. The predicted octanol–water partition coefficient (Wildman–Crippen LogP) is 6.77. The molecule has 1 heterocycles. The summed E-state index contributed by atoms with van der Waals surface area (Å²) in [6, 6.07) is 0. The molecule has 8 unspecified atom stereocenters. The van der Waals surface area contributed by atoms with Gasteiger partial charge in [0.05, 0.1) is 12.2 Å². The van der Waals surface area contributed by atoms with Crippen LogP contribution in [0, 0.1) is 50.7 Å². The van der Waals surface area contributed by atoms with Crippen molar-refractivity contribution in [2.75, 3.05) is 6.61 Å². The average Bonchev–Trinajstić information content (AvgIpc) is 2.99. The van der Waals surface area contributed by atoms with Gasteiger partial charge in [-0.05, 0) is 97.7 Å². The maximum absolute atomic E-state index is 12.9. The van der Waals surface area contributed by atoms with E-state index in [1.54, 1.807) is 0 Å². The van der Waals surface area contributed by atoms with Gasteiger partial charge < -0.3 is 4.74 Å². The first-order valence-electron chi connectivity index (χ1n) is 14.0. The molecule has 6 rings (SSSR count). The summed E-state index contributed by atoms with van der Waals surface area (Å²) in [7, 11) is 0. The van der Waals surface area contributed by atoms with Crippen molar-refractivity contribution >= 4 is 11.6 Å². The number of hydrogen-bond acceptors (Lipinski definition) is 3. The normalized spacial score (nSPS) is 54.5. The molecular weight excluding hydrogens is 408 g/mol. The Morgan fingerprint density at radius 1 is 0.636 bits per heavy atom. The van der Waals surface area contributed by atoms with E-state index in [0.717, 1.165) is 45.1 Å². The fourth-order valence-electron chi connectivity index (χ4n) is 11.8. The summed E-state index contributed by atoms with van der Waals surface area (Å²) in [5, 5.41) is 0. The van der Waals surface area contributed by atoms with Gasteiger partial charge in [-0.15, -0.1) is 0 Å². The molecule has 0 amide bonds. The van der Waals surface area contributed by atoms with Crippen LogP contribution in [-0.4, -0.2) is 23.8 Å². The van der Waals surface area contributed by atoms with Crippen LogP contribution in [0.25, 0.3) is 0 Å². The molecule has 1 saturated heterocycles. The van der Waals surface area contributed by atoms with Crippen molar-refractivity contribution in [1.29, 1.82) is 0 Å². The SMILES string of the molecule is CC1(C)C(=O)CCC2(C)C3CCC4C5(CCC6C(C)(C)C(=O)CCC46C)CC3(CCC12)CO5. The van der Waals surface area contributed by atoms with Gasteiger partial charge in [-0.2, -0.15) is 0 Å². The zero-order chi connectivity index (χ0) is 23.7. The third-order valence-electron chi connectivity index (χ3n) is 13.3. The Bertz CT molecular complexity index is 830. The zero-order valence-corrected chi connectivity index (χ0v) is 22.0. The van der Waals surface area contributed by atoms with Gasteiger partial charge in [-0.1, -0.05) is 41.5 Å². The number of carbonyl (C=O) groups is 2. The highest BCUT2D eigenvalue weighted by Crippen LogP contribution is 2.74. The Labute approximate surface area is 201 Å². The highest BCUT2D eigenvalue weighted by molar-refractivity contribution is 5.86. The maximum atomic E-state index is 12.9. The topological polar surface area (TPSA) is 43.4 Å². The Balaban J connectivity index is 1.40. The first-order chi connectivity index (χ1) is 15.3. The Hall–Kier alpha value is -0.700. The lowest BCUT2D eigenvalue weighted by Gasteiger charge is -2.62. The fourth-order valence-corrected chi connectivity index (χ4v) is 11.8. The molecule has 3 heteroatoms. The molecule has 2 spiro atoms. The minimum atomic E-state index is -0.200. The van der Waals surface area contributed by atoms with Gasteiger partial charge in [0.2, 0.25) is 0 Å². The van der Waals surface area contributed by atoms with Crippen LogP contribution in [-0.2, 0) is 14.3 Å². The van der Waals surface area contributed by atoms with Gasteiger partial charge >= 0.3 is 0 Å². The number of rotatable bonds is 0. The van der Waals surface area contributed by atoms with Crippen LogP contribution in [0.2, 0.25) is 0 Å². The molecule has 8 atom stereocenters. The van der Waals surface area contributed by atoms with Crippen LogP contribution in [0.15, 0.2) is 0 Å². The monoisotopic (exact) mass is 454 g/mol. The molecule has 0 aromatic heterocycles. The summed E-state index contributed by atoms with van der Waals surface area (Å²) in [6.45, 7) is 15.0. The first kappa shape index (κ1) is 22.7. The number of carbonyl (C=O) groups excluding carboxylic acids is 2. The lowest BCUT2D eigenvalue weighted by atomic mass is 9.42. The van der Waals surface area contributed by atoms with E-state index in [4.69, 9.17) is 4.74 Å². The average molecular weight is 455 g/mol. The molecule has 5 saturated carbocycles. The van der Waals surface area contributed by atoms with E-state index >= 15 is 0 Å². The number of ketones is 2. The van der Waals surface area contributed by atoms with E-state index < -0.39 is 0 Å². The number of Topliss-reactive ketones (excluding diaryl/α,β-unsaturated/α-hetero) is 2. The standard InChI is InChI=1S/C30H46O3/c1-25(2)19-9-15-29-17-30(33-18-29)16-10-20-26(3,4)24(32)12-14-28(20,6)22(30)8-7-21(29)27(19,5)13-11-23(25)31/h19-22H,7-18H2,1-6H3. The molecule has 0 N–H and O–H groups in total. The molecule has 2 bridgehead atoms. The fraction of sp³-hybridized carbons (Fsp3) is 0.933. The molecule has 0 radical (unpaired) electrons. The van der Waals surface area contributed by atoms with Crippen molar-refractivity contribution in [3.05, 3.63) is 0 Å². The maximum Gasteiger partial charge on any atom is 0.138 e. The Kier molecular flexibility index (Phi) is 4.51. The molecule has 6 aliphatic rings. The molecule has 184 valence electrons. The van der Waals surface area contributed by atoms with E-state index in [-0.39, 0.29) is 27.3 Å². The van der Waals surface area contributed by atoms with E-state index in [1.165, 1.54) is 32.1 Å². The van der Waals surface area contributed by atoms with Gasteiger partial charge in [-0.25, -0.2) is 0 Å². The van der Waals surface area contributed by atoms with Crippen molar-refractivity contribution in [3.63, 3.8) is 0 Å². The number of hydrogen-bond donors (Lipinski definition) is 0. The Morgan fingerprint density at radius 2 is 1.15 bits per heavy atom. The first-order valence-corrected chi connectivity index (χ1v) is 14.0. The van der Waals surface area contributed by atoms with Crippen LogP contribution < -0.4 is 0 Å². The summed E-state index contributed by atoms with van der Waals surface area (Å²) in [5.41, 5.74) is 0.404. The van der Waals surface area contributed by atoms with Gasteiger partial charge in [-0.3, -0.25) is 9.59 Å². The summed E-state index contributed by atoms with van der Waals surface area (Å²) in [6.07, 6.45) is 12.1. The predicted molar refractivity (Wildman–Crippen MR) is 130 cm³/mol. The van der Waals surface area contributed by atoms with Crippen molar-refractivity contribution in [1.82, 2.24) is 0 Å². The van der Waals surface area contributed by atoms with Crippen LogP contribution in [0.4, 0.5) is 0 Å². The molecule has 0 aromatic rings. The number of ether oxygens (including phenoxy) is 1. The summed E-state index contributed by atoms with van der Waals surface area (Å²) in [5.74, 6) is 3.20. The van der Waals surface area contributed by atoms with Gasteiger partial charge in [0, 0.05) is 23.7 Å². The largest absolute Gasteiger partial charge is 0.374 e. The molecule has 33 heavy (non-hydrogen) atoms. The van der Waals surface area contributed by atoms with E-state index in [0.29, 0.717) is 40.7 Å². The lowest BCUT2D eigenvalue weighted by molar-refractivity contribution is -0.191. The van der Waals surface area contributed by atoms with E-state index in [9.17, 15) is 9.59 Å². The van der Waals surface area contributed by atoms with Gasteiger partial charge in [0.25, 0.3) is 0 Å². The van der Waals surface area contributed by atoms with E-state index in [1.807, 2.05) is 0 Å². The van der Waals surface area contributed by atoms with Crippen molar-refractivity contribution in [3.8, 4) is 0 Å². The molecule has 3 nitrogen and oxygen atoms in total. The quantitative estimate of drug-likeness (QED) is 0.406. The molecule has 0 aromatic carbocycles. The van der Waals surface area contributed by atoms with Crippen molar-refractivity contribution in [2.45, 2.75) is 118 Å². The van der Waals surface area contributed by atoms with Crippen molar-refractivity contribution < 1.29 is 14.3 Å². The molecule has 1 aliphatic heterocycles.